The number of carbonyl (C=O) groups excluding carboxylic acids is 4. The van der Waals surface area contributed by atoms with Crippen molar-refractivity contribution in [3.05, 3.63) is 37.1 Å². The number of imidazole rings is 1. The van der Waals surface area contributed by atoms with Gasteiger partial charge in [0.15, 0.2) is 17.7 Å². The van der Waals surface area contributed by atoms with Crippen LogP contribution in [0.4, 0.5) is 9.18 Å². The van der Waals surface area contributed by atoms with E-state index >= 15 is 4.39 Å². The average molecular weight is 875 g/mol. The zero-order chi connectivity index (χ0) is 45.7. The number of hydrogen-bond acceptors (Lipinski definition) is 15. The Labute approximate surface area is 364 Å². The van der Waals surface area contributed by atoms with Crippen molar-refractivity contribution in [2.24, 2.45) is 5.92 Å². The van der Waals surface area contributed by atoms with Gasteiger partial charge in [-0.2, -0.15) is 0 Å². The number of unbranched alkanes of at least 4 members (excludes halogenated alkanes) is 1. The molecule has 346 valence electrons. The number of amides is 1. The van der Waals surface area contributed by atoms with Crippen molar-refractivity contribution in [1.29, 1.82) is 0 Å². The van der Waals surface area contributed by atoms with Gasteiger partial charge in [-0.15, -0.1) is 0 Å². The van der Waals surface area contributed by atoms with Crippen LogP contribution in [-0.2, 0) is 49.3 Å². The number of ketones is 1. The number of aryl methyl sites for hydroxylation is 1. The quantitative estimate of drug-likeness (QED) is 0.127. The lowest BCUT2D eigenvalue weighted by atomic mass is 9.78. The molecule has 2 aromatic heterocycles. The minimum absolute atomic E-state index is 0.111. The molecule has 2 aromatic rings. The molecule has 0 unspecified atom stereocenters. The Morgan fingerprint density at radius 1 is 1.13 bits per heavy atom. The van der Waals surface area contributed by atoms with Crippen molar-refractivity contribution in [3.8, 4) is 11.3 Å². The minimum Gasteiger partial charge on any atom is -0.463 e. The van der Waals surface area contributed by atoms with Crippen LogP contribution in [0, 0.1) is 5.92 Å². The number of Topliss-reactive ketones (excluding diaryl/α,β-unsaturated/α-hetero) is 1. The molecule has 2 N–H and O–H groups in total. The van der Waals surface area contributed by atoms with Gasteiger partial charge in [0.25, 0.3) is 5.67 Å². The molecule has 0 bridgehead atoms. The van der Waals surface area contributed by atoms with Gasteiger partial charge in [-0.3, -0.25) is 19.5 Å². The fourth-order valence-corrected chi connectivity index (χ4v) is 9.54. The fraction of sp³-hybridized carbons (Fsp3) is 0.727. The number of pyridine rings is 1. The Hall–Kier alpha value is -4.07. The lowest BCUT2D eigenvalue weighted by Crippen LogP contribution is -2.64. The van der Waals surface area contributed by atoms with Gasteiger partial charge in [0.05, 0.1) is 35.9 Å². The van der Waals surface area contributed by atoms with Gasteiger partial charge in [-0.25, -0.2) is 19.0 Å². The van der Waals surface area contributed by atoms with E-state index in [0.29, 0.717) is 32.4 Å². The zero-order valence-electron chi connectivity index (χ0n) is 38.0. The van der Waals surface area contributed by atoms with Crippen molar-refractivity contribution in [2.75, 3.05) is 34.4 Å². The second-order valence-electron chi connectivity index (χ2n) is 17.9. The summed E-state index contributed by atoms with van der Waals surface area (Å²) in [6.07, 6.45) is 2.77. The highest BCUT2D eigenvalue weighted by Crippen LogP contribution is 2.41. The zero-order valence-corrected chi connectivity index (χ0v) is 38.0. The Morgan fingerprint density at radius 2 is 1.84 bits per heavy atom. The number of nitrogens with zero attached hydrogens (tertiary/aromatic N) is 5. The molecular weight excluding hydrogens is 808 g/mol. The summed E-state index contributed by atoms with van der Waals surface area (Å²) in [5, 5.41) is 15.2. The summed E-state index contributed by atoms with van der Waals surface area (Å²) in [6.45, 7) is 13.4. The number of carbonyl (C=O) groups is 4. The molecule has 0 aromatic carbocycles. The molecule has 5 rings (SSSR count). The van der Waals surface area contributed by atoms with E-state index in [-0.39, 0.29) is 25.5 Å². The maximum Gasteiger partial charge on any atom is 0.410 e. The number of aromatic nitrogens is 3. The number of cyclic esters (lactones) is 1. The topological polar surface area (TPSA) is 193 Å². The normalized spacial score (nSPS) is 36.2. The van der Waals surface area contributed by atoms with Crippen LogP contribution in [0.1, 0.15) is 87.5 Å². The summed E-state index contributed by atoms with van der Waals surface area (Å²) in [5.74, 6) is -4.44. The van der Waals surface area contributed by atoms with Crippen LogP contribution < -0.4 is 5.32 Å². The predicted octanol–water partition coefficient (Wildman–Crippen LogP) is 4.09. The highest BCUT2D eigenvalue weighted by molar-refractivity contribution is 6.07. The van der Waals surface area contributed by atoms with Gasteiger partial charge in [0.2, 0.25) is 0 Å². The summed E-state index contributed by atoms with van der Waals surface area (Å²) in [5.41, 5.74) is -4.29. The van der Waals surface area contributed by atoms with E-state index in [1.165, 1.54) is 21.0 Å². The van der Waals surface area contributed by atoms with Crippen molar-refractivity contribution in [2.45, 2.75) is 166 Å². The van der Waals surface area contributed by atoms with Crippen LogP contribution in [-0.4, -0.2) is 159 Å². The summed E-state index contributed by atoms with van der Waals surface area (Å²) in [4.78, 5) is 66.0. The number of fused-ring (bicyclic) bond motifs is 1. The number of likely N-dealkylation sites (N-methyl/N-ethyl adjacent to an activating group) is 1. The first-order valence-electron chi connectivity index (χ1n) is 21.6. The first-order chi connectivity index (χ1) is 29.2. The van der Waals surface area contributed by atoms with Gasteiger partial charge < -0.3 is 48.3 Å². The van der Waals surface area contributed by atoms with E-state index in [4.69, 9.17) is 28.4 Å². The third-order valence-electron chi connectivity index (χ3n) is 12.8. The van der Waals surface area contributed by atoms with Gasteiger partial charge in [0.1, 0.15) is 18.8 Å². The van der Waals surface area contributed by atoms with Crippen molar-refractivity contribution >= 4 is 23.8 Å². The summed E-state index contributed by atoms with van der Waals surface area (Å²) < 4.78 is 55.2. The molecule has 17 nitrogen and oxygen atoms in total. The van der Waals surface area contributed by atoms with E-state index in [1.807, 2.05) is 36.7 Å². The number of halogens is 1. The second kappa shape index (κ2) is 20.2. The smallest absolute Gasteiger partial charge is 0.410 e. The molecule has 13 atom stereocenters. The molecule has 3 aliphatic rings. The number of hydrogen-bond donors (Lipinski definition) is 2. The van der Waals surface area contributed by atoms with Crippen LogP contribution in [0.2, 0.25) is 0 Å². The average Bonchev–Trinajstić information content (AvgIpc) is 3.80. The number of esters is 2. The fourth-order valence-electron chi connectivity index (χ4n) is 9.54. The molecular formula is C44H67FN6O11. The predicted molar refractivity (Wildman–Crippen MR) is 224 cm³/mol. The Bertz CT molecular complexity index is 1850. The molecule has 3 saturated heterocycles. The highest BCUT2D eigenvalue weighted by atomic mass is 19.1. The minimum atomic E-state index is -3.18. The summed E-state index contributed by atoms with van der Waals surface area (Å²) in [6, 6.07) is 1.73. The standard InChI is InChI=1S/C44H67FN6O11/c1-12-34-44(8)36(51(41(56)62-44)19-14-13-18-50-23-32(47-25-50)30-16-15-17-46-22-30)28(4)48-26(2)21-42(6,57-11)38(27(3)37(54)43(7,45)40(55)60-34)61-39-35(53)33(49(9)10)20-31(59-39)24-58-29(5)52/h15-17,22-23,25-28,31,33-36,38-39,48,53H,12-14,18-21,24H2,1-11H3/t26-,27+,28+,31+,33+,34+,35-,36-,38-,39+,42+,43+,44-/m1/s1. The maximum absolute atomic E-state index is 17.0. The first kappa shape index (κ1) is 49.0. The third-order valence-corrected chi connectivity index (χ3v) is 12.8. The Morgan fingerprint density at radius 3 is 2.47 bits per heavy atom. The number of aliphatic hydroxyl groups is 1. The van der Waals surface area contributed by atoms with Gasteiger partial charge in [-0.05, 0) is 93.0 Å². The molecule has 0 radical (unpaired) electrons. The molecule has 3 aliphatic heterocycles. The molecule has 0 aliphatic carbocycles. The lowest BCUT2D eigenvalue weighted by Gasteiger charge is -2.47. The maximum atomic E-state index is 17.0. The monoisotopic (exact) mass is 874 g/mol. The molecule has 3 fully saturated rings. The largest absolute Gasteiger partial charge is 0.463 e. The van der Waals surface area contributed by atoms with Crippen LogP contribution in [0.25, 0.3) is 11.3 Å². The molecule has 0 spiro atoms. The van der Waals surface area contributed by atoms with Crippen molar-refractivity contribution in [3.63, 3.8) is 0 Å². The van der Waals surface area contributed by atoms with E-state index in [2.05, 4.69) is 15.3 Å². The number of nitrogens with one attached hydrogen (secondary N) is 1. The summed E-state index contributed by atoms with van der Waals surface area (Å²) in [7, 11) is 5.00. The number of ether oxygens (including phenoxy) is 6. The van der Waals surface area contributed by atoms with E-state index in [0.717, 1.165) is 18.2 Å². The Kier molecular flexibility index (Phi) is 15.9. The van der Waals surface area contributed by atoms with Crippen molar-refractivity contribution in [1.82, 2.24) is 29.7 Å². The third kappa shape index (κ3) is 10.6. The highest BCUT2D eigenvalue weighted by Gasteiger charge is 2.60. The molecule has 62 heavy (non-hydrogen) atoms. The second-order valence-corrected chi connectivity index (χ2v) is 17.9. The number of alkyl halides is 1. The molecule has 5 heterocycles. The molecule has 1 amide bonds. The number of rotatable bonds is 13. The first-order valence-corrected chi connectivity index (χ1v) is 21.6. The Balaban J connectivity index is 1.43. The van der Waals surface area contributed by atoms with E-state index < -0.39 is 95.4 Å². The lowest BCUT2D eigenvalue weighted by molar-refractivity contribution is -0.301. The van der Waals surface area contributed by atoms with Crippen LogP contribution >= 0.6 is 0 Å². The number of methoxy groups -OCH3 is 1. The SMILES string of the molecule is CC[C@@H]1OC(=O)[C@@](C)(F)C(=O)[C@H](C)[C@@H](O[C@@H]2O[C@H](COC(C)=O)C[C@H](N(C)C)[C@H]2O)[C@@](C)(OC)C[C@@H](C)N[C@@H](C)[C@H]2N(CCCCn3cnc(-c4cccnc4)c3)C(=O)O[C@]12C. The van der Waals surface area contributed by atoms with E-state index in [1.54, 1.807) is 63.4 Å². The van der Waals surface area contributed by atoms with Gasteiger partial charge >= 0.3 is 18.0 Å². The van der Waals surface area contributed by atoms with Crippen molar-refractivity contribution < 1.29 is 57.1 Å². The summed E-state index contributed by atoms with van der Waals surface area (Å²) >= 11 is 0. The molecule has 18 heteroatoms. The molecule has 0 saturated carbocycles. The van der Waals surface area contributed by atoms with Crippen LogP contribution in [0.5, 0.6) is 0 Å². The van der Waals surface area contributed by atoms with Gasteiger partial charge in [-0.1, -0.05) is 13.8 Å². The van der Waals surface area contributed by atoms with Gasteiger partial charge in [0, 0.05) is 75.3 Å². The number of aliphatic hydroxyl groups excluding tert-OH is 1. The van der Waals surface area contributed by atoms with Crippen LogP contribution in [0.3, 0.4) is 0 Å². The van der Waals surface area contributed by atoms with E-state index in [9.17, 15) is 24.3 Å². The van der Waals surface area contributed by atoms with Crippen LogP contribution in [0.15, 0.2) is 37.1 Å².